The fourth-order valence-electron chi connectivity index (χ4n) is 2.45. The van der Waals surface area contributed by atoms with E-state index in [0.717, 1.165) is 5.56 Å². The number of nitrogens with one attached hydrogen (secondary N) is 1. The zero-order valence-corrected chi connectivity index (χ0v) is 15.6. The van der Waals surface area contributed by atoms with Crippen molar-refractivity contribution < 1.29 is 22.3 Å². The zero-order chi connectivity index (χ0) is 19.3. The maximum atomic E-state index is 13.0. The topological polar surface area (TPSA) is 75.7 Å². The minimum atomic E-state index is -3.81. The maximum absolute atomic E-state index is 13.0. The molecule has 0 aromatic heterocycles. The molecule has 0 aliphatic carbocycles. The number of ether oxygens (including phenoxy) is 1. The van der Waals surface area contributed by atoms with E-state index in [4.69, 9.17) is 4.74 Å². The molecule has 140 valence electrons. The van der Waals surface area contributed by atoms with Crippen molar-refractivity contribution in [3.05, 3.63) is 53.8 Å². The van der Waals surface area contributed by atoms with Gasteiger partial charge in [0.2, 0.25) is 15.9 Å². The van der Waals surface area contributed by atoms with Crippen LogP contribution in [-0.4, -0.2) is 34.5 Å². The van der Waals surface area contributed by atoms with Crippen LogP contribution in [0.2, 0.25) is 0 Å². The molecule has 0 heterocycles. The summed E-state index contributed by atoms with van der Waals surface area (Å²) in [7, 11) is -2.41. The quantitative estimate of drug-likeness (QED) is 0.801. The Bertz CT molecular complexity index is 883. The van der Waals surface area contributed by atoms with Gasteiger partial charge in [-0.15, -0.1) is 0 Å². The molecule has 6 nitrogen and oxygen atoms in total. The Balaban J connectivity index is 2.12. The highest BCUT2D eigenvalue weighted by molar-refractivity contribution is 7.89. The van der Waals surface area contributed by atoms with Crippen molar-refractivity contribution in [2.24, 2.45) is 0 Å². The predicted octanol–water partition coefficient (Wildman–Crippen LogP) is 2.47. The lowest BCUT2D eigenvalue weighted by Gasteiger charge is -2.21. The molecular weight excluding hydrogens is 359 g/mol. The van der Waals surface area contributed by atoms with Gasteiger partial charge in [-0.2, -0.15) is 0 Å². The number of nitrogens with zero attached hydrogens (tertiary/aromatic N) is 1. The van der Waals surface area contributed by atoms with Crippen LogP contribution < -0.4 is 14.4 Å². The molecule has 2 aromatic carbocycles. The summed E-state index contributed by atoms with van der Waals surface area (Å²) in [6.45, 7) is 3.25. The van der Waals surface area contributed by atoms with E-state index in [1.54, 1.807) is 19.1 Å². The third-order valence-electron chi connectivity index (χ3n) is 3.75. The number of carbonyl (C=O) groups excluding carboxylic acids is 1. The fourth-order valence-corrected chi connectivity index (χ4v) is 3.73. The van der Waals surface area contributed by atoms with Gasteiger partial charge in [0.25, 0.3) is 0 Å². The molecule has 0 saturated carbocycles. The van der Waals surface area contributed by atoms with Crippen molar-refractivity contribution >= 4 is 21.6 Å². The average molecular weight is 380 g/mol. The van der Waals surface area contributed by atoms with Crippen molar-refractivity contribution in [2.45, 2.75) is 18.7 Å². The van der Waals surface area contributed by atoms with E-state index < -0.39 is 15.8 Å². The second kappa shape index (κ2) is 8.29. The number of aryl methyl sites for hydroxylation is 1. The van der Waals surface area contributed by atoms with Gasteiger partial charge in [-0.25, -0.2) is 17.5 Å². The highest BCUT2D eigenvalue weighted by Gasteiger charge is 2.20. The molecular formula is C18H21FN2O4S. The molecule has 1 amide bonds. The highest BCUT2D eigenvalue weighted by atomic mass is 32.2. The van der Waals surface area contributed by atoms with Crippen LogP contribution >= 0.6 is 0 Å². The summed E-state index contributed by atoms with van der Waals surface area (Å²) in [4.78, 5) is 13.2. The van der Waals surface area contributed by atoms with Gasteiger partial charge < -0.3 is 9.64 Å². The number of rotatable bonds is 7. The van der Waals surface area contributed by atoms with Gasteiger partial charge in [-0.3, -0.25) is 4.79 Å². The number of sulfonamides is 1. The number of methoxy groups -OCH3 is 1. The van der Waals surface area contributed by atoms with Gasteiger partial charge in [0.15, 0.2) is 0 Å². The Labute approximate surface area is 152 Å². The largest absolute Gasteiger partial charge is 0.495 e. The summed E-state index contributed by atoms with van der Waals surface area (Å²) in [5.74, 6) is -0.446. The number of carbonyl (C=O) groups is 1. The summed E-state index contributed by atoms with van der Waals surface area (Å²) in [6, 6.07) is 10.3. The molecule has 0 aliphatic heterocycles. The van der Waals surface area contributed by atoms with Crippen molar-refractivity contribution in [1.29, 1.82) is 0 Å². The second-order valence-electron chi connectivity index (χ2n) is 5.70. The van der Waals surface area contributed by atoms with E-state index in [9.17, 15) is 17.6 Å². The molecule has 0 atom stereocenters. The van der Waals surface area contributed by atoms with E-state index >= 15 is 0 Å². The monoisotopic (exact) mass is 380 g/mol. The molecule has 8 heteroatoms. The molecule has 26 heavy (non-hydrogen) atoms. The number of amides is 1. The van der Waals surface area contributed by atoms with E-state index in [-0.39, 0.29) is 29.6 Å². The Morgan fingerprint density at radius 3 is 2.42 bits per heavy atom. The third kappa shape index (κ3) is 4.80. The van der Waals surface area contributed by atoms with Crippen molar-refractivity contribution in [3.8, 4) is 5.75 Å². The Morgan fingerprint density at radius 1 is 1.19 bits per heavy atom. The first kappa shape index (κ1) is 19.9. The standard InChI is InChI=1S/C18H21FN2O4S/c1-13-4-9-17(25-3)18(12-13)26(23,24)20-10-11-21(14(2)22)16-7-5-15(19)6-8-16/h4-9,12,20H,10-11H2,1-3H3. The lowest BCUT2D eigenvalue weighted by Crippen LogP contribution is -2.37. The van der Waals surface area contributed by atoms with Crippen LogP contribution in [0.1, 0.15) is 12.5 Å². The van der Waals surface area contributed by atoms with Crippen LogP contribution in [0.25, 0.3) is 0 Å². The third-order valence-corrected chi connectivity index (χ3v) is 5.24. The van der Waals surface area contributed by atoms with E-state index in [1.807, 2.05) is 0 Å². The normalized spacial score (nSPS) is 11.2. The molecule has 0 radical (unpaired) electrons. The first-order valence-electron chi connectivity index (χ1n) is 7.92. The molecule has 1 N–H and O–H groups in total. The number of anilines is 1. The van der Waals surface area contributed by atoms with Crippen LogP contribution in [-0.2, 0) is 14.8 Å². The van der Waals surface area contributed by atoms with Gasteiger partial charge in [0.05, 0.1) is 7.11 Å². The lowest BCUT2D eigenvalue weighted by atomic mass is 10.2. The van der Waals surface area contributed by atoms with E-state index in [0.29, 0.717) is 5.69 Å². The van der Waals surface area contributed by atoms with Gasteiger partial charge >= 0.3 is 0 Å². The van der Waals surface area contributed by atoms with Crippen LogP contribution in [0.4, 0.5) is 10.1 Å². The van der Waals surface area contributed by atoms with Crippen molar-refractivity contribution in [1.82, 2.24) is 4.72 Å². The second-order valence-corrected chi connectivity index (χ2v) is 7.43. The smallest absolute Gasteiger partial charge is 0.244 e. The summed E-state index contributed by atoms with van der Waals surface area (Å²) in [5.41, 5.74) is 1.27. The minimum Gasteiger partial charge on any atom is -0.495 e. The first-order valence-corrected chi connectivity index (χ1v) is 9.41. The molecule has 2 aromatic rings. The zero-order valence-electron chi connectivity index (χ0n) is 14.8. The minimum absolute atomic E-state index is 0.00359. The Hall–Kier alpha value is -2.45. The van der Waals surface area contributed by atoms with Crippen LogP contribution in [0.15, 0.2) is 47.4 Å². The first-order chi connectivity index (χ1) is 12.2. The number of hydrogen-bond donors (Lipinski definition) is 1. The van der Waals surface area contributed by atoms with E-state index in [1.165, 1.54) is 49.3 Å². The van der Waals surface area contributed by atoms with Gasteiger partial charge in [-0.05, 0) is 48.9 Å². The summed E-state index contributed by atoms with van der Waals surface area (Å²) >= 11 is 0. The Kier molecular flexibility index (Phi) is 6.33. The molecule has 0 fully saturated rings. The number of benzene rings is 2. The van der Waals surface area contributed by atoms with Crippen LogP contribution in [0, 0.1) is 12.7 Å². The van der Waals surface area contributed by atoms with Gasteiger partial charge in [0.1, 0.15) is 16.5 Å². The summed E-state index contributed by atoms with van der Waals surface area (Å²) < 4.78 is 45.7. The highest BCUT2D eigenvalue weighted by Crippen LogP contribution is 2.24. The van der Waals surface area contributed by atoms with Crippen LogP contribution in [0.5, 0.6) is 5.75 Å². The Morgan fingerprint density at radius 2 is 1.85 bits per heavy atom. The van der Waals surface area contributed by atoms with Gasteiger partial charge in [0, 0.05) is 25.7 Å². The maximum Gasteiger partial charge on any atom is 0.244 e. The van der Waals surface area contributed by atoms with Crippen LogP contribution in [0.3, 0.4) is 0 Å². The summed E-state index contributed by atoms with van der Waals surface area (Å²) in [6.07, 6.45) is 0. The fraction of sp³-hybridized carbons (Fsp3) is 0.278. The number of hydrogen-bond acceptors (Lipinski definition) is 4. The molecule has 0 saturated heterocycles. The predicted molar refractivity (Wildman–Crippen MR) is 97.3 cm³/mol. The molecule has 0 spiro atoms. The SMILES string of the molecule is COc1ccc(C)cc1S(=O)(=O)NCCN(C(C)=O)c1ccc(F)cc1. The molecule has 0 bridgehead atoms. The average Bonchev–Trinajstić information content (AvgIpc) is 2.59. The van der Waals surface area contributed by atoms with E-state index in [2.05, 4.69) is 4.72 Å². The van der Waals surface area contributed by atoms with Crippen molar-refractivity contribution in [2.75, 3.05) is 25.1 Å². The lowest BCUT2D eigenvalue weighted by molar-refractivity contribution is -0.116. The number of halogens is 1. The molecule has 0 aliphatic rings. The summed E-state index contributed by atoms with van der Waals surface area (Å²) in [5, 5.41) is 0. The van der Waals surface area contributed by atoms with Gasteiger partial charge in [-0.1, -0.05) is 6.07 Å². The van der Waals surface area contributed by atoms with Crippen molar-refractivity contribution in [3.63, 3.8) is 0 Å². The molecule has 0 unspecified atom stereocenters. The molecule has 2 rings (SSSR count).